The van der Waals surface area contributed by atoms with Gasteiger partial charge in [-0.3, -0.25) is 0 Å². The molecule has 1 saturated heterocycles. The maximum atomic E-state index is 3.53. The van der Waals surface area contributed by atoms with Crippen molar-refractivity contribution in [3.63, 3.8) is 0 Å². The predicted molar refractivity (Wildman–Crippen MR) is 81.0 cm³/mol. The number of piperidine rings is 1. The van der Waals surface area contributed by atoms with Crippen LogP contribution >= 0.6 is 0 Å². The van der Waals surface area contributed by atoms with Gasteiger partial charge in [0.1, 0.15) is 0 Å². The maximum Gasteiger partial charge on any atom is 0.00816 e. The van der Waals surface area contributed by atoms with E-state index in [1.54, 1.807) is 0 Å². The Balaban J connectivity index is 2.37. The first-order chi connectivity index (χ1) is 8.56. The van der Waals surface area contributed by atoms with Crippen LogP contribution in [-0.2, 0) is 0 Å². The van der Waals surface area contributed by atoms with Crippen molar-refractivity contribution in [2.75, 3.05) is 19.6 Å². The van der Waals surface area contributed by atoms with Gasteiger partial charge in [0.25, 0.3) is 0 Å². The summed E-state index contributed by atoms with van der Waals surface area (Å²) in [5.74, 6) is 0. The fourth-order valence-electron chi connectivity index (χ4n) is 3.49. The Morgan fingerprint density at radius 3 is 2.06 bits per heavy atom. The molecule has 0 aliphatic carbocycles. The van der Waals surface area contributed by atoms with E-state index < -0.39 is 0 Å². The highest BCUT2D eigenvalue weighted by Gasteiger charge is 2.32. The fraction of sp³-hybridized carbons (Fsp3) is 1.00. The third-order valence-corrected chi connectivity index (χ3v) is 5.23. The lowest BCUT2D eigenvalue weighted by Crippen LogP contribution is -2.45. The van der Waals surface area contributed by atoms with Crippen molar-refractivity contribution in [2.45, 2.75) is 78.8 Å². The second-order valence-corrected chi connectivity index (χ2v) is 6.29. The van der Waals surface area contributed by atoms with E-state index in [0.717, 1.165) is 12.6 Å². The maximum absolute atomic E-state index is 3.53. The Bertz CT molecular complexity index is 213. The Morgan fingerprint density at radius 2 is 1.61 bits per heavy atom. The van der Waals surface area contributed by atoms with E-state index in [1.807, 2.05) is 0 Å². The molecule has 1 aliphatic heterocycles. The minimum absolute atomic E-state index is 0.647. The van der Waals surface area contributed by atoms with Crippen molar-refractivity contribution in [1.82, 2.24) is 10.2 Å². The third-order valence-electron chi connectivity index (χ3n) is 5.23. The van der Waals surface area contributed by atoms with Gasteiger partial charge >= 0.3 is 0 Å². The van der Waals surface area contributed by atoms with Crippen LogP contribution in [0.15, 0.2) is 0 Å². The third kappa shape index (κ3) is 4.24. The molecule has 1 heterocycles. The van der Waals surface area contributed by atoms with Crippen LogP contribution in [0.25, 0.3) is 0 Å². The van der Waals surface area contributed by atoms with Crippen molar-refractivity contribution in [2.24, 2.45) is 5.41 Å². The first-order valence-electron chi connectivity index (χ1n) is 8.04. The Hall–Kier alpha value is -0.0800. The molecule has 0 aromatic heterocycles. The van der Waals surface area contributed by atoms with Crippen LogP contribution in [0, 0.1) is 5.41 Å². The van der Waals surface area contributed by atoms with Crippen LogP contribution in [0.3, 0.4) is 0 Å². The highest BCUT2D eigenvalue weighted by molar-refractivity contribution is 4.86. The minimum atomic E-state index is 0.647. The number of likely N-dealkylation sites (tertiary alicyclic amines) is 1. The van der Waals surface area contributed by atoms with E-state index >= 15 is 0 Å². The van der Waals surface area contributed by atoms with Gasteiger partial charge in [0.15, 0.2) is 0 Å². The molecule has 1 fully saturated rings. The van der Waals surface area contributed by atoms with E-state index in [4.69, 9.17) is 0 Å². The van der Waals surface area contributed by atoms with Crippen LogP contribution in [0.2, 0.25) is 0 Å². The number of hydrogen-bond donors (Lipinski definition) is 1. The topological polar surface area (TPSA) is 15.3 Å². The first kappa shape index (κ1) is 16.0. The zero-order valence-corrected chi connectivity index (χ0v) is 13.3. The summed E-state index contributed by atoms with van der Waals surface area (Å²) in [5.41, 5.74) is 0.656. The summed E-state index contributed by atoms with van der Waals surface area (Å²) in [5, 5.41) is 3.53. The monoisotopic (exact) mass is 254 g/mol. The van der Waals surface area contributed by atoms with Gasteiger partial charge in [0.05, 0.1) is 0 Å². The fourth-order valence-corrected chi connectivity index (χ4v) is 3.49. The highest BCUT2D eigenvalue weighted by atomic mass is 15.2. The van der Waals surface area contributed by atoms with Crippen LogP contribution in [0.4, 0.5) is 0 Å². The summed E-state index contributed by atoms with van der Waals surface area (Å²) in [6.07, 6.45) is 6.80. The molecular weight excluding hydrogens is 220 g/mol. The molecule has 18 heavy (non-hydrogen) atoms. The number of hydrogen-bond acceptors (Lipinski definition) is 2. The molecule has 0 spiro atoms. The molecule has 2 nitrogen and oxygen atoms in total. The quantitative estimate of drug-likeness (QED) is 0.746. The molecule has 2 heteroatoms. The Labute approximate surface area is 115 Å². The van der Waals surface area contributed by atoms with E-state index in [1.165, 1.54) is 45.2 Å². The Morgan fingerprint density at radius 1 is 1.06 bits per heavy atom. The molecule has 0 aromatic carbocycles. The lowest BCUT2D eigenvalue weighted by atomic mass is 9.74. The molecule has 1 rings (SSSR count). The van der Waals surface area contributed by atoms with Crippen molar-refractivity contribution < 1.29 is 0 Å². The zero-order valence-electron chi connectivity index (χ0n) is 13.3. The van der Waals surface area contributed by atoms with Crippen LogP contribution in [0.5, 0.6) is 0 Å². The molecule has 108 valence electrons. The molecule has 0 amide bonds. The molecule has 0 saturated carbocycles. The van der Waals surface area contributed by atoms with Crippen LogP contribution < -0.4 is 5.32 Å². The predicted octanol–water partition coefficient (Wildman–Crippen LogP) is 3.67. The van der Waals surface area contributed by atoms with Crippen molar-refractivity contribution in [1.29, 1.82) is 0 Å². The number of nitrogens with one attached hydrogen (secondary N) is 1. The second kappa shape index (κ2) is 7.49. The van der Waals surface area contributed by atoms with Gasteiger partial charge < -0.3 is 10.2 Å². The number of rotatable bonds is 7. The van der Waals surface area contributed by atoms with Gasteiger partial charge in [0.2, 0.25) is 0 Å². The molecule has 2 atom stereocenters. The summed E-state index contributed by atoms with van der Waals surface area (Å²) >= 11 is 0. The van der Waals surface area contributed by atoms with Crippen LogP contribution in [0.1, 0.15) is 66.7 Å². The normalized spacial score (nSPS) is 23.8. The standard InChI is InChI=1S/C16H34N2/c1-6-16(7-2)9-11-18(12-10-16)15(5)13-14(4)17-8-3/h14-15,17H,6-13H2,1-5H3. The van der Waals surface area contributed by atoms with Gasteiger partial charge in [-0.25, -0.2) is 0 Å². The minimum Gasteiger partial charge on any atom is -0.314 e. The molecule has 0 aromatic rings. The highest BCUT2D eigenvalue weighted by Crippen LogP contribution is 2.38. The smallest absolute Gasteiger partial charge is 0.00816 e. The average Bonchev–Trinajstić information content (AvgIpc) is 2.39. The van der Waals surface area contributed by atoms with Gasteiger partial charge in [-0.15, -0.1) is 0 Å². The van der Waals surface area contributed by atoms with Crippen molar-refractivity contribution in [3.8, 4) is 0 Å². The molecular formula is C16H34N2. The zero-order chi connectivity index (χ0) is 13.6. The SMILES string of the molecule is CCNC(C)CC(C)N1CCC(CC)(CC)CC1. The molecule has 1 aliphatic rings. The van der Waals surface area contributed by atoms with E-state index in [2.05, 4.69) is 44.8 Å². The lowest BCUT2D eigenvalue weighted by Gasteiger charge is -2.43. The first-order valence-corrected chi connectivity index (χ1v) is 8.04. The van der Waals surface area contributed by atoms with Gasteiger partial charge in [-0.1, -0.05) is 33.6 Å². The summed E-state index contributed by atoms with van der Waals surface area (Å²) in [6.45, 7) is 15.3. The number of nitrogens with zero attached hydrogens (tertiary/aromatic N) is 1. The summed E-state index contributed by atoms with van der Waals surface area (Å²) in [4.78, 5) is 2.71. The Kier molecular flexibility index (Phi) is 6.65. The molecule has 0 bridgehead atoms. The lowest BCUT2D eigenvalue weighted by molar-refractivity contribution is 0.0659. The average molecular weight is 254 g/mol. The molecule has 0 radical (unpaired) electrons. The summed E-state index contributed by atoms with van der Waals surface area (Å²) in [6, 6.07) is 1.37. The molecule has 2 unspecified atom stereocenters. The van der Waals surface area contributed by atoms with Crippen molar-refractivity contribution in [3.05, 3.63) is 0 Å². The van der Waals surface area contributed by atoms with Gasteiger partial charge in [-0.2, -0.15) is 0 Å². The van der Waals surface area contributed by atoms with Crippen LogP contribution in [-0.4, -0.2) is 36.6 Å². The molecule has 1 N–H and O–H groups in total. The second-order valence-electron chi connectivity index (χ2n) is 6.29. The van der Waals surface area contributed by atoms with E-state index in [-0.39, 0.29) is 0 Å². The summed E-state index contributed by atoms with van der Waals surface area (Å²) < 4.78 is 0. The largest absolute Gasteiger partial charge is 0.314 e. The van der Waals surface area contributed by atoms with E-state index in [9.17, 15) is 0 Å². The van der Waals surface area contributed by atoms with E-state index in [0.29, 0.717) is 11.5 Å². The van der Waals surface area contributed by atoms with Gasteiger partial charge in [-0.05, 0) is 58.2 Å². The summed E-state index contributed by atoms with van der Waals surface area (Å²) in [7, 11) is 0. The van der Waals surface area contributed by atoms with Crippen molar-refractivity contribution >= 4 is 0 Å². The van der Waals surface area contributed by atoms with Gasteiger partial charge in [0, 0.05) is 12.1 Å².